The van der Waals surface area contributed by atoms with Gasteiger partial charge in [-0.15, -0.1) is 0 Å². The maximum Gasteiger partial charge on any atom is 0.266 e. The molecule has 1 aliphatic heterocycles. The number of nitrogens with zero attached hydrogens (tertiary/aromatic N) is 3. The van der Waals surface area contributed by atoms with E-state index in [1.807, 2.05) is 14.0 Å². The molecule has 5 heteroatoms. The van der Waals surface area contributed by atoms with Crippen LogP contribution in [0.25, 0.3) is 0 Å². The minimum atomic E-state index is 0.119. The zero-order valence-electron chi connectivity index (χ0n) is 10.1. The number of hydrogen-bond donors (Lipinski definition) is 1. The molecule has 1 aromatic heterocycles. The Balaban J connectivity index is 2.05. The summed E-state index contributed by atoms with van der Waals surface area (Å²) in [5.41, 5.74) is 0. The first kappa shape index (κ1) is 11.4. The van der Waals surface area contributed by atoms with Crippen molar-refractivity contribution in [3.05, 3.63) is 5.89 Å². The molecule has 1 aromatic rings. The van der Waals surface area contributed by atoms with Crippen molar-refractivity contribution < 1.29 is 4.52 Å². The summed E-state index contributed by atoms with van der Waals surface area (Å²) in [4.78, 5) is 6.66. The molecule has 1 unspecified atom stereocenters. The van der Waals surface area contributed by atoms with E-state index in [0.717, 1.165) is 19.0 Å². The number of rotatable bonds is 3. The van der Waals surface area contributed by atoms with Gasteiger partial charge in [-0.25, -0.2) is 0 Å². The highest BCUT2D eigenvalue weighted by Gasteiger charge is 2.18. The number of aromatic nitrogens is 2. The third kappa shape index (κ3) is 2.52. The maximum absolute atomic E-state index is 5.25. The fraction of sp³-hybridized carbons (Fsp3) is 0.818. The van der Waals surface area contributed by atoms with E-state index in [2.05, 4.69) is 20.4 Å². The molecular formula is C11H20N4O. The van der Waals surface area contributed by atoms with Crippen molar-refractivity contribution in [3.8, 4) is 0 Å². The second-order valence-electron chi connectivity index (χ2n) is 4.34. The molecule has 0 radical (unpaired) electrons. The van der Waals surface area contributed by atoms with Gasteiger partial charge in [0.15, 0.2) is 0 Å². The summed E-state index contributed by atoms with van der Waals surface area (Å²) in [6.07, 6.45) is 5.08. The molecule has 16 heavy (non-hydrogen) atoms. The monoisotopic (exact) mass is 224 g/mol. The summed E-state index contributed by atoms with van der Waals surface area (Å²) < 4.78 is 5.25. The quantitative estimate of drug-likeness (QED) is 0.847. The molecule has 0 aliphatic carbocycles. The second-order valence-corrected chi connectivity index (χ2v) is 4.34. The van der Waals surface area contributed by atoms with Crippen molar-refractivity contribution in [2.45, 2.75) is 38.6 Å². The highest BCUT2D eigenvalue weighted by atomic mass is 16.5. The van der Waals surface area contributed by atoms with E-state index in [1.165, 1.54) is 25.7 Å². The molecular weight excluding hydrogens is 204 g/mol. The lowest BCUT2D eigenvalue weighted by atomic mass is 10.2. The molecule has 2 heterocycles. The Morgan fingerprint density at radius 3 is 2.56 bits per heavy atom. The van der Waals surface area contributed by atoms with Crippen LogP contribution in [-0.2, 0) is 0 Å². The summed E-state index contributed by atoms with van der Waals surface area (Å²) in [7, 11) is 1.89. The lowest BCUT2D eigenvalue weighted by molar-refractivity contribution is 0.346. The lowest BCUT2D eigenvalue weighted by Gasteiger charge is -2.16. The van der Waals surface area contributed by atoms with Crippen LogP contribution in [0.1, 0.15) is 44.5 Å². The molecule has 1 aliphatic rings. The first-order chi connectivity index (χ1) is 7.81. The second kappa shape index (κ2) is 5.30. The smallest absolute Gasteiger partial charge is 0.266 e. The molecule has 0 aromatic carbocycles. The van der Waals surface area contributed by atoms with E-state index >= 15 is 0 Å². The molecule has 90 valence electrons. The molecule has 1 atom stereocenters. The maximum atomic E-state index is 5.25. The van der Waals surface area contributed by atoms with Gasteiger partial charge in [0.1, 0.15) is 0 Å². The van der Waals surface area contributed by atoms with E-state index in [-0.39, 0.29) is 6.04 Å². The van der Waals surface area contributed by atoms with Gasteiger partial charge in [-0.05, 0) is 32.0 Å². The average molecular weight is 224 g/mol. The highest BCUT2D eigenvalue weighted by molar-refractivity contribution is 5.27. The fourth-order valence-electron chi connectivity index (χ4n) is 1.93. The molecule has 1 saturated heterocycles. The molecule has 1 fully saturated rings. The summed E-state index contributed by atoms with van der Waals surface area (Å²) in [5.74, 6) is 1.42. The normalized spacial score (nSPS) is 19.5. The lowest BCUT2D eigenvalue weighted by Crippen LogP contribution is -2.25. The number of anilines is 1. The van der Waals surface area contributed by atoms with Gasteiger partial charge in [-0.3, -0.25) is 0 Å². The van der Waals surface area contributed by atoms with Crippen molar-refractivity contribution in [3.63, 3.8) is 0 Å². The molecule has 2 rings (SSSR count). The summed E-state index contributed by atoms with van der Waals surface area (Å²) in [6.45, 7) is 4.11. The summed E-state index contributed by atoms with van der Waals surface area (Å²) in [6, 6.07) is 0.119. The van der Waals surface area contributed by atoms with Crippen molar-refractivity contribution >= 4 is 5.95 Å². The Bertz CT molecular complexity index is 318. The van der Waals surface area contributed by atoms with Gasteiger partial charge in [-0.2, -0.15) is 4.98 Å². The van der Waals surface area contributed by atoms with E-state index in [0.29, 0.717) is 5.89 Å². The molecule has 0 amide bonds. The first-order valence-electron chi connectivity index (χ1n) is 6.07. The van der Waals surface area contributed by atoms with Crippen LogP contribution < -0.4 is 10.2 Å². The number of nitrogens with one attached hydrogen (secondary N) is 1. The third-order valence-corrected chi connectivity index (χ3v) is 3.12. The third-order valence-electron chi connectivity index (χ3n) is 3.12. The minimum absolute atomic E-state index is 0.119. The van der Waals surface area contributed by atoms with Gasteiger partial charge in [0.05, 0.1) is 6.04 Å². The van der Waals surface area contributed by atoms with Crippen LogP contribution in [0.5, 0.6) is 0 Å². The van der Waals surface area contributed by atoms with Gasteiger partial charge in [0.25, 0.3) is 5.95 Å². The average Bonchev–Trinajstić information content (AvgIpc) is 2.64. The Morgan fingerprint density at radius 2 is 1.94 bits per heavy atom. The predicted octanol–water partition coefficient (Wildman–Crippen LogP) is 1.73. The summed E-state index contributed by atoms with van der Waals surface area (Å²) in [5, 5.41) is 7.15. The molecule has 0 bridgehead atoms. The number of hydrogen-bond acceptors (Lipinski definition) is 5. The van der Waals surface area contributed by atoms with Crippen molar-refractivity contribution in [2.24, 2.45) is 0 Å². The van der Waals surface area contributed by atoms with Gasteiger partial charge in [-0.1, -0.05) is 12.8 Å². The van der Waals surface area contributed by atoms with E-state index in [9.17, 15) is 0 Å². The summed E-state index contributed by atoms with van der Waals surface area (Å²) >= 11 is 0. The highest BCUT2D eigenvalue weighted by Crippen LogP contribution is 2.18. The standard InChI is InChI=1S/C11H20N4O/c1-9(12-2)10-13-11(14-16-10)15-7-5-3-4-6-8-15/h9,12H,3-8H2,1-2H3. The zero-order valence-corrected chi connectivity index (χ0v) is 10.1. The van der Waals surface area contributed by atoms with Crippen LogP contribution in [0.3, 0.4) is 0 Å². The molecule has 0 spiro atoms. The van der Waals surface area contributed by atoms with Crippen molar-refractivity contribution in [1.29, 1.82) is 0 Å². The SMILES string of the molecule is CNC(C)c1nc(N2CCCCCC2)no1. The van der Waals surface area contributed by atoms with Crippen LogP contribution in [0.15, 0.2) is 4.52 Å². The van der Waals surface area contributed by atoms with E-state index < -0.39 is 0 Å². The zero-order chi connectivity index (χ0) is 11.4. The Hall–Kier alpha value is -1.10. The van der Waals surface area contributed by atoms with Gasteiger partial charge in [0, 0.05) is 13.1 Å². The van der Waals surface area contributed by atoms with Crippen LogP contribution in [0.4, 0.5) is 5.95 Å². The van der Waals surface area contributed by atoms with Crippen LogP contribution in [0.2, 0.25) is 0 Å². The van der Waals surface area contributed by atoms with Gasteiger partial charge in [0.2, 0.25) is 5.89 Å². The molecule has 0 saturated carbocycles. The van der Waals surface area contributed by atoms with Crippen LogP contribution in [0, 0.1) is 0 Å². The topological polar surface area (TPSA) is 54.2 Å². The van der Waals surface area contributed by atoms with Crippen molar-refractivity contribution in [2.75, 3.05) is 25.0 Å². The van der Waals surface area contributed by atoms with Crippen LogP contribution >= 0.6 is 0 Å². The largest absolute Gasteiger partial charge is 0.338 e. The fourth-order valence-corrected chi connectivity index (χ4v) is 1.93. The predicted molar refractivity (Wildman–Crippen MR) is 62.5 cm³/mol. The Kier molecular flexibility index (Phi) is 3.77. The van der Waals surface area contributed by atoms with Crippen molar-refractivity contribution in [1.82, 2.24) is 15.5 Å². The van der Waals surface area contributed by atoms with Gasteiger partial charge < -0.3 is 14.7 Å². The van der Waals surface area contributed by atoms with E-state index in [4.69, 9.17) is 4.52 Å². The molecule has 5 nitrogen and oxygen atoms in total. The minimum Gasteiger partial charge on any atom is -0.338 e. The Morgan fingerprint density at radius 1 is 1.25 bits per heavy atom. The Labute approximate surface area is 96.2 Å². The van der Waals surface area contributed by atoms with Crippen LogP contribution in [-0.4, -0.2) is 30.3 Å². The first-order valence-corrected chi connectivity index (χ1v) is 6.07. The van der Waals surface area contributed by atoms with E-state index in [1.54, 1.807) is 0 Å². The molecule has 1 N–H and O–H groups in total. The van der Waals surface area contributed by atoms with Gasteiger partial charge >= 0.3 is 0 Å².